The van der Waals surface area contributed by atoms with Crippen LogP contribution in [0.3, 0.4) is 0 Å². The summed E-state index contributed by atoms with van der Waals surface area (Å²) in [5, 5.41) is 0. The van der Waals surface area contributed by atoms with E-state index in [1.54, 1.807) is 18.1 Å². The molecule has 8 heteroatoms. The van der Waals surface area contributed by atoms with E-state index in [2.05, 4.69) is 9.64 Å². The summed E-state index contributed by atoms with van der Waals surface area (Å²) in [5.74, 6) is 0.372. The standard InChI is InChI=1S/C21H21F3N2O3/c1-28-18-9-5-17(6-10-18)25-12-14-26(15-13-25)20(27)11-4-16-2-7-19(8-3-16)29-21(22,23)24/h2-11H,12-15H2,1H3/b11-4+. The zero-order valence-electron chi connectivity index (χ0n) is 15.9. The van der Waals surface area contributed by atoms with E-state index >= 15 is 0 Å². The van der Waals surface area contributed by atoms with Crippen LogP contribution in [-0.4, -0.2) is 50.5 Å². The second-order valence-electron chi connectivity index (χ2n) is 6.46. The van der Waals surface area contributed by atoms with E-state index < -0.39 is 6.36 Å². The number of piperazine rings is 1. The van der Waals surface area contributed by atoms with Gasteiger partial charge in [-0.05, 0) is 48.0 Å². The van der Waals surface area contributed by atoms with Gasteiger partial charge in [-0.1, -0.05) is 12.1 Å². The maximum atomic E-state index is 12.4. The van der Waals surface area contributed by atoms with Crippen LogP contribution in [0, 0.1) is 0 Å². The second kappa shape index (κ2) is 8.89. The van der Waals surface area contributed by atoms with Crippen LogP contribution in [0.2, 0.25) is 0 Å². The van der Waals surface area contributed by atoms with Gasteiger partial charge in [0.05, 0.1) is 7.11 Å². The van der Waals surface area contributed by atoms with Crippen molar-refractivity contribution in [2.75, 3.05) is 38.2 Å². The molecule has 0 N–H and O–H groups in total. The van der Waals surface area contributed by atoms with Gasteiger partial charge in [-0.15, -0.1) is 13.2 Å². The Bertz CT molecular complexity index is 841. The van der Waals surface area contributed by atoms with E-state index in [0.29, 0.717) is 18.7 Å². The molecule has 0 unspecified atom stereocenters. The van der Waals surface area contributed by atoms with Gasteiger partial charge in [-0.25, -0.2) is 0 Å². The quantitative estimate of drug-likeness (QED) is 0.705. The lowest BCUT2D eigenvalue weighted by molar-refractivity contribution is -0.274. The summed E-state index contributed by atoms with van der Waals surface area (Å²) < 4.78 is 45.5. The van der Waals surface area contributed by atoms with Crippen LogP contribution < -0.4 is 14.4 Å². The molecule has 5 nitrogen and oxygen atoms in total. The minimum Gasteiger partial charge on any atom is -0.497 e. The number of alkyl halides is 3. The van der Waals surface area contributed by atoms with Crippen molar-refractivity contribution in [1.82, 2.24) is 4.90 Å². The number of methoxy groups -OCH3 is 1. The normalized spacial score (nSPS) is 14.9. The number of ether oxygens (including phenoxy) is 2. The summed E-state index contributed by atoms with van der Waals surface area (Å²) >= 11 is 0. The molecule has 1 aliphatic heterocycles. The predicted octanol–water partition coefficient (Wildman–Crippen LogP) is 3.96. The van der Waals surface area contributed by atoms with Crippen LogP contribution in [-0.2, 0) is 4.79 Å². The maximum absolute atomic E-state index is 12.4. The van der Waals surface area contributed by atoms with E-state index in [0.717, 1.165) is 24.5 Å². The number of nitrogens with zero attached hydrogens (tertiary/aromatic N) is 2. The molecule has 2 aromatic rings. The first-order valence-corrected chi connectivity index (χ1v) is 9.06. The number of amides is 1. The molecule has 1 fully saturated rings. The molecular weight excluding hydrogens is 385 g/mol. The highest BCUT2D eigenvalue weighted by atomic mass is 19.4. The van der Waals surface area contributed by atoms with Gasteiger partial charge in [-0.3, -0.25) is 4.79 Å². The fraction of sp³-hybridized carbons (Fsp3) is 0.286. The van der Waals surface area contributed by atoms with Gasteiger partial charge < -0.3 is 19.3 Å². The highest BCUT2D eigenvalue weighted by Crippen LogP contribution is 2.23. The van der Waals surface area contributed by atoms with E-state index in [1.165, 1.54) is 30.3 Å². The highest BCUT2D eigenvalue weighted by molar-refractivity contribution is 5.92. The van der Waals surface area contributed by atoms with Gasteiger partial charge in [0, 0.05) is 37.9 Å². The molecule has 0 bridgehead atoms. The van der Waals surface area contributed by atoms with Crippen molar-refractivity contribution in [3.63, 3.8) is 0 Å². The first kappa shape index (κ1) is 20.6. The Balaban J connectivity index is 1.51. The van der Waals surface area contributed by atoms with Gasteiger partial charge in [0.25, 0.3) is 0 Å². The van der Waals surface area contributed by atoms with E-state index in [4.69, 9.17) is 4.74 Å². The van der Waals surface area contributed by atoms with Gasteiger partial charge in [-0.2, -0.15) is 0 Å². The summed E-state index contributed by atoms with van der Waals surface area (Å²) in [6.07, 6.45) is -1.71. The lowest BCUT2D eigenvalue weighted by Gasteiger charge is -2.35. The minimum absolute atomic E-state index is 0.130. The zero-order chi connectivity index (χ0) is 20.9. The van der Waals surface area contributed by atoms with Crippen LogP contribution in [0.1, 0.15) is 5.56 Å². The molecule has 29 heavy (non-hydrogen) atoms. The molecule has 3 rings (SSSR count). The molecule has 0 radical (unpaired) electrons. The minimum atomic E-state index is -4.72. The van der Waals surface area contributed by atoms with Crippen molar-refractivity contribution < 1.29 is 27.4 Å². The van der Waals surface area contributed by atoms with Crippen molar-refractivity contribution >= 4 is 17.7 Å². The molecule has 0 saturated carbocycles. The zero-order valence-corrected chi connectivity index (χ0v) is 15.9. The molecule has 0 aliphatic carbocycles. The van der Waals surface area contributed by atoms with Crippen LogP contribution >= 0.6 is 0 Å². The third-order valence-electron chi connectivity index (χ3n) is 4.56. The smallest absolute Gasteiger partial charge is 0.497 e. The highest BCUT2D eigenvalue weighted by Gasteiger charge is 2.30. The summed E-state index contributed by atoms with van der Waals surface area (Å²) in [5.41, 5.74) is 1.69. The molecule has 1 amide bonds. The Kier molecular flexibility index (Phi) is 6.31. The van der Waals surface area contributed by atoms with Crippen LogP contribution in [0.15, 0.2) is 54.6 Å². The number of hydrogen-bond donors (Lipinski definition) is 0. The monoisotopic (exact) mass is 406 g/mol. The second-order valence-corrected chi connectivity index (χ2v) is 6.46. The molecule has 0 atom stereocenters. The summed E-state index contributed by atoms with van der Waals surface area (Å²) in [7, 11) is 1.62. The molecule has 154 valence electrons. The fourth-order valence-corrected chi connectivity index (χ4v) is 3.03. The number of carbonyl (C=O) groups is 1. The Labute approximate surface area is 166 Å². The van der Waals surface area contributed by atoms with Crippen LogP contribution in [0.5, 0.6) is 11.5 Å². The Morgan fingerprint density at radius 1 is 0.931 bits per heavy atom. The number of halogens is 3. The topological polar surface area (TPSA) is 42.0 Å². The van der Waals surface area contributed by atoms with E-state index in [1.807, 2.05) is 24.3 Å². The largest absolute Gasteiger partial charge is 0.573 e. The molecule has 1 heterocycles. The first-order valence-electron chi connectivity index (χ1n) is 9.06. The molecule has 0 spiro atoms. The van der Waals surface area contributed by atoms with Crippen molar-refractivity contribution in [3.8, 4) is 11.5 Å². The summed E-state index contributed by atoms with van der Waals surface area (Å²) in [6.45, 7) is 2.62. The molecular formula is C21H21F3N2O3. The average Bonchev–Trinajstić information content (AvgIpc) is 2.72. The fourth-order valence-electron chi connectivity index (χ4n) is 3.03. The molecule has 1 saturated heterocycles. The van der Waals surface area contributed by atoms with Gasteiger partial charge in [0.1, 0.15) is 11.5 Å². The SMILES string of the molecule is COc1ccc(N2CCN(C(=O)/C=C/c3ccc(OC(F)(F)F)cc3)CC2)cc1. The van der Waals surface area contributed by atoms with Crippen molar-refractivity contribution in [2.45, 2.75) is 6.36 Å². The lowest BCUT2D eigenvalue weighted by atomic mass is 10.2. The maximum Gasteiger partial charge on any atom is 0.573 e. The van der Waals surface area contributed by atoms with E-state index in [9.17, 15) is 18.0 Å². The number of rotatable bonds is 5. The van der Waals surface area contributed by atoms with Gasteiger partial charge >= 0.3 is 6.36 Å². The number of hydrogen-bond acceptors (Lipinski definition) is 4. The number of benzene rings is 2. The Morgan fingerprint density at radius 2 is 1.52 bits per heavy atom. The van der Waals surface area contributed by atoms with Gasteiger partial charge in [0.2, 0.25) is 5.91 Å². The Morgan fingerprint density at radius 3 is 2.07 bits per heavy atom. The van der Waals surface area contributed by atoms with Crippen LogP contribution in [0.4, 0.5) is 18.9 Å². The third-order valence-corrected chi connectivity index (χ3v) is 4.56. The van der Waals surface area contributed by atoms with Crippen molar-refractivity contribution in [1.29, 1.82) is 0 Å². The van der Waals surface area contributed by atoms with Crippen molar-refractivity contribution in [2.24, 2.45) is 0 Å². The number of carbonyl (C=O) groups excluding carboxylic acids is 1. The first-order chi connectivity index (χ1) is 13.8. The van der Waals surface area contributed by atoms with E-state index in [-0.39, 0.29) is 11.7 Å². The van der Waals surface area contributed by atoms with Crippen LogP contribution in [0.25, 0.3) is 6.08 Å². The van der Waals surface area contributed by atoms with Gasteiger partial charge in [0.15, 0.2) is 0 Å². The molecule has 1 aliphatic rings. The summed E-state index contributed by atoms with van der Waals surface area (Å²) in [4.78, 5) is 16.3. The van der Waals surface area contributed by atoms with Crippen molar-refractivity contribution in [3.05, 3.63) is 60.2 Å². The lowest BCUT2D eigenvalue weighted by Crippen LogP contribution is -2.48. The average molecular weight is 406 g/mol. The number of anilines is 1. The molecule has 0 aromatic heterocycles. The molecule has 2 aromatic carbocycles. The third kappa shape index (κ3) is 5.91. The Hall–Kier alpha value is -3.16. The summed E-state index contributed by atoms with van der Waals surface area (Å²) in [6, 6.07) is 13.1. The predicted molar refractivity (Wildman–Crippen MR) is 104 cm³/mol.